The van der Waals surface area contributed by atoms with Crippen LogP contribution < -0.4 is 10.1 Å². The molecule has 0 heterocycles. The first-order chi connectivity index (χ1) is 7.45. The molecule has 1 amide bonds. The third kappa shape index (κ3) is 3.12. The lowest BCUT2D eigenvalue weighted by atomic mass is 10.2. The third-order valence-electron chi connectivity index (χ3n) is 1.88. The number of nitrogens with one attached hydrogen (secondary N) is 1. The van der Waals surface area contributed by atoms with Crippen LogP contribution in [-0.4, -0.2) is 19.1 Å². The fourth-order valence-electron chi connectivity index (χ4n) is 1.23. The topological polar surface area (TPSA) is 38.3 Å². The molecule has 0 aromatic heterocycles. The van der Waals surface area contributed by atoms with E-state index in [-0.39, 0.29) is 11.9 Å². The van der Waals surface area contributed by atoms with E-state index in [0.29, 0.717) is 20.8 Å². The highest BCUT2D eigenvalue weighted by Crippen LogP contribution is 2.34. The fourth-order valence-corrected chi connectivity index (χ4v) is 2.26. The summed E-state index contributed by atoms with van der Waals surface area (Å²) in [5.41, 5.74) is 0.506. The SMILES string of the molecule is COc1c(Cl)cc(C(=O)NC(C)C)cc1Br. The van der Waals surface area contributed by atoms with Crippen LogP contribution in [0.15, 0.2) is 16.6 Å². The van der Waals surface area contributed by atoms with Crippen LogP contribution in [0.1, 0.15) is 24.2 Å². The summed E-state index contributed by atoms with van der Waals surface area (Å²) < 4.78 is 5.74. The lowest BCUT2D eigenvalue weighted by molar-refractivity contribution is 0.0943. The molecule has 1 aromatic carbocycles. The van der Waals surface area contributed by atoms with Gasteiger partial charge in [-0.1, -0.05) is 11.6 Å². The smallest absolute Gasteiger partial charge is 0.251 e. The van der Waals surface area contributed by atoms with Gasteiger partial charge in [-0.05, 0) is 41.9 Å². The van der Waals surface area contributed by atoms with Gasteiger partial charge in [0.2, 0.25) is 0 Å². The highest BCUT2D eigenvalue weighted by Gasteiger charge is 2.13. The van der Waals surface area contributed by atoms with Crippen molar-refractivity contribution in [2.24, 2.45) is 0 Å². The molecule has 16 heavy (non-hydrogen) atoms. The highest BCUT2D eigenvalue weighted by atomic mass is 79.9. The number of carbonyl (C=O) groups is 1. The average molecular weight is 307 g/mol. The van der Waals surface area contributed by atoms with E-state index in [1.54, 1.807) is 12.1 Å². The lowest BCUT2D eigenvalue weighted by Crippen LogP contribution is -2.30. The van der Waals surface area contributed by atoms with E-state index in [4.69, 9.17) is 16.3 Å². The summed E-state index contributed by atoms with van der Waals surface area (Å²) in [7, 11) is 1.53. The molecule has 0 atom stereocenters. The highest BCUT2D eigenvalue weighted by molar-refractivity contribution is 9.10. The maximum absolute atomic E-state index is 11.7. The summed E-state index contributed by atoms with van der Waals surface area (Å²) in [6.45, 7) is 3.80. The predicted molar refractivity (Wildman–Crippen MR) is 68.3 cm³/mol. The van der Waals surface area contributed by atoms with Crippen LogP contribution in [-0.2, 0) is 0 Å². The van der Waals surface area contributed by atoms with Gasteiger partial charge in [-0.2, -0.15) is 0 Å². The summed E-state index contributed by atoms with van der Waals surface area (Å²) in [5.74, 6) is 0.378. The van der Waals surface area contributed by atoms with E-state index < -0.39 is 0 Å². The first-order valence-corrected chi connectivity index (χ1v) is 5.96. The molecule has 0 saturated heterocycles. The Morgan fingerprint density at radius 2 is 2.12 bits per heavy atom. The number of methoxy groups -OCH3 is 1. The second-order valence-corrected chi connectivity index (χ2v) is 4.86. The molecule has 0 spiro atoms. The minimum Gasteiger partial charge on any atom is -0.494 e. The molecule has 1 aromatic rings. The minimum atomic E-state index is -0.153. The standard InChI is InChI=1S/C11H13BrClNO2/c1-6(2)14-11(15)7-4-8(12)10(16-3)9(13)5-7/h4-6H,1-3H3,(H,14,15). The predicted octanol–water partition coefficient (Wildman–Crippen LogP) is 3.25. The molecule has 1 rings (SSSR count). The van der Waals surface area contributed by atoms with Gasteiger partial charge in [0.25, 0.3) is 5.91 Å². The molecule has 0 radical (unpaired) electrons. The zero-order valence-electron chi connectivity index (χ0n) is 9.30. The third-order valence-corrected chi connectivity index (χ3v) is 2.75. The first kappa shape index (κ1) is 13.3. The minimum absolute atomic E-state index is 0.0900. The number of amides is 1. The van der Waals surface area contributed by atoms with Crippen LogP contribution in [0.5, 0.6) is 5.75 Å². The van der Waals surface area contributed by atoms with Crippen molar-refractivity contribution in [2.75, 3.05) is 7.11 Å². The molecule has 1 N–H and O–H groups in total. The van der Waals surface area contributed by atoms with Gasteiger partial charge in [0.05, 0.1) is 16.6 Å². The van der Waals surface area contributed by atoms with Gasteiger partial charge in [-0.3, -0.25) is 4.79 Å². The van der Waals surface area contributed by atoms with Crippen LogP contribution in [0.4, 0.5) is 0 Å². The van der Waals surface area contributed by atoms with Crippen molar-refractivity contribution in [3.8, 4) is 5.75 Å². The molecule has 0 bridgehead atoms. The zero-order chi connectivity index (χ0) is 12.3. The number of benzene rings is 1. The molecule has 3 nitrogen and oxygen atoms in total. The van der Waals surface area contributed by atoms with Crippen molar-refractivity contribution in [2.45, 2.75) is 19.9 Å². The second-order valence-electron chi connectivity index (χ2n) is 3.60. The fraction of sp³-hybridized carbons (Fsp3) is 0.364. The summed E-state index contributed by atoms with van der Waals surface area (Å²) >= 11 is 9.28. The number of rotatable bonds is 3. The Labute approximate surface area is 108 Å². The lowest BCUT2D eigenvalue weighted by Gasteiger charge is -2.11. The molecule has 0 aliphatic carbocycles. The summed E-state index contributed by atoms with van der Waals surface area (Å²) in [4.78, 5) is 11.7. The van der Waals surface area contributed by atoms with Gasteiger partial charge in [0, 0.05) is 11.6 Å². The number of hydrogen-bond donors (Lipinski definition) is 1. The van der Waals surface area contributed by atoms with Crippen molar-refractivity contribution in [3.63, 3.8) is 0 Å². The van der Waals surface area contributed by atoms with E-state index in [1.165, 1.54) is 7.11 Å². The van der Waals surface area contributed by atoms with Crippen molar-refractivity contribution < 1.29 is 9.53 Å². The largest absolute Gasteiger partial charge is 0.494 e. The van der Waals surface area contributed by atoms with Crippen molar-refractivity contribution in [1.82, 2.24) is 5.32 Å². The van der Waals surface area contributed by atoms with Gasteiger partial charge in [-0.25, -0.2) is 0 Å². The summed E-state index contributed by atoms with van der Waals surface area (Å²) in [6.07, 6.45) is 0. The van der Waals surface area contributed by atoms with Gasteiger partial charge in [-0.15, -0.1) is 0 Å². The Bertz CT molecular complexity index is 384. The van der Waals surface area contributed by atoms with E-state index in [2.05, 4.69) is 21.2 Å². The molecule has 0 aliphatic rings. The van der Waals surface area contributed by atoms with Crippen molar-refractivity contribution in [1.29, 1.82) is 0 Å². The van der Waals surface area contributed by atoms with Crippen molar-refractivity contribution >= 4 is 33.4 Å². The molecule has 0 saturated carbocycles. The van der Waals surface area contributed by atoms with Crippen molar-refractivity contribution in [3.05, 3.63) is 27.2 Å². The number of carbonyl (C=O) groups excluding carboxylic acids is 1. The summed E-state index contributed by atoms with van der Waals surface area (Å²) in [5, 5.41) is 3.20. The summed E-state index contributed by atoms with van der Waals surface area (Å²) in [6, 6.07) is 3.36. The Balaban J connectivity index is 3.04. The monoisotopic (exact) mass is 305 g/mol. The van der Waals surface area contributed by atoms with Crippen LogP contribution in [0.3, 0.4) is 0 Å². The van der Waals surface area contributed by atoms with E-state index >= 15 is 0 Å². The number of halogens is 2. The molecule has 88 valence electrons. The van der Waals surface area contributed by atoms with E-state index in [0.717, 1.165) is 0 Å². The van der Waals surface area contributed by atoms with Crippen LogP contribution in [0.2, 0.25) is 5.02 Å². The Kier molecular flexibility index (Phi) is 4.62. The van der Waals surface area contributed by atoms with Crippen LogP contribution >= 0.6 is 27.5 Å². The molecule has 5 heteroatoms. The average Bonchev–Trinajstić information content (AvgIpc) is 2.16. The maximum atomic E-state index is 11.7. The molecular weight excluding hydrogens is 293 g/mol. The Morgan fingerprint density at radius 3 is 2.56 bits per heavy atom. The normalized spacial score (nSPS) is 10.4. The second kappa shape index (κ2) is 5.55. The maximum Gasteiger partial charge on any atom is 0.251 e. The molecular formula is C11H13BrClNO2. The molecule has 0 fully saturated rings. The Hall–Kier alpha value is -0.740. The van der Waals surface area contributed by atoms with Gasteiger partial charge in [0.15, 0.2) is 5.75 Å². The Morgan fingerprint density at radius 1 is 1.50 bits per heavy atom. The number of ether oxygens (including phenoxy) is 1. The van der Waals surface area contributed by atoms with E-state index in [9.17, 15) is 4.79 Å². The molecule has 0 aliphatic heterocycles. The van der Waals surface area contributed by atoms with Gasteiger partial charge >= 0.3 is 0 Å². The molecule has 0 unspecified atom stereocenters. The first-order valence-electron chi connectivity index (χ1n) is 4.79. The number of hydrogen-bond acceptors (Lipinski definition) is 2. The van der Waals surface area contributed by atoms with Gasteiger partial charge < -0.3 is 10.1 Å². The van der Waals surface area contributed by atoms with Crippen LogP contribution in [0.25, 0.3) is 0 Å². The van der Waals surface area contributed by atoms with Gasteiger partial charge in [0.1, 0.15) is 0 Å². The van der Waals surface area contributed by atoms with Crippen LogP contribution in [0, 0.1) is 0 Å². The zero-order valence-corrected chi connectivity index (χ0v) is 11.6. The quantitative estimate of drug-likeness (QED) is 0.931. The van der Waals surface area contributed by atoms with E-state index in [1.807, 2.05) is 13.8 Å².